The van der Waals surface area contributed by atoms with Gasteiger partial charge in [0.2, 0.25) is 5.91 Å². The number of halogens is 3. The van der Waals surface area contributed by atoms with Crippen LogP contribution in [0.2, 0.25) is 0 Å². The highest BCUT2D eigenvalue weighted by atomic mass is 19.4. The molecular weight excluding hydrogens is 281 g/mol. The summed E-state index contributed by atoms with van der Waals surface area (Å²) in [7, 11) is 1.64. The van der Waals surface area contributed by atoms with Crippen molar-refractivity contribution in [2.75, 3.05) is 12.4 Å². The van der Waals surface area contributed by atoms with Crippen LogP contribution in [0.5, 0.6) is 0 Å². The molecule has 0 spiro atoms. The number of fused-ring (bicyclic) bond motifs is 1. The second kappa shape index (κ2) is 5.33. The summed E-state index contributed by atoms with van der Waals surface area (Å²) in [6.45, 7) is 3.62. The minimum Gasteiger partial charge on any atom is -0.325 e. The minimum atomic E-state index is -4.16. The van der Waals surface area contributed by atoms with E-state index in [1.54, 1.807) is 19.2 Å². The topological polar surface area (TPSA) is 41.1 Å². The fraction of sp³-hybridized carbons (Fsp3) is 0.533. The second-order valence-corrected chi connectivity index (χ2v) is 5.88. The Morgan fingerprint density at radius 2 is 2.00 bits per heavy atom. The molecule has 1 atom stereocenters. The Labute approximate surface area is 121 Å². The van der Waals surface area contributed by atoms with Crippen LogP contribution in [0.15, 0.2) is 18.2 Å². The smallest absolute Gasteiger partial charge is 0.325 e. The first-order chi connectivity index (χ1) is 9.65. The van der Waals surface area contributed by atoms with E-state index < -0.39 is 18.0 Å². The first kappa shape index (κ1) is 15.8. The van der Waals surface area contributed by atoms with E-state index in [2.05, 4.69) is 10.6 Å². The van der Waals surface area contributed by atoms with E-state index in [9.17, 15) is 18.0 Å². The van der Waals surface area contributed by atoms with Crippen LogP contribution in [0.25, 0.3) is 0 Å². The Balaban J connectivity index is 2.25. The third-order valence-electron chi connectivity index (χ3n) is 4.00. The zero-order valence-corrected chi connectivity index (χ0v) is 12.3. The number of nitrogens with one attached hydrogen (secondary N) is 2. The fourth-order valence-corrected chi connectivity index (χ4v) is 2.59. The highest BCUT2D eigenvalue weighted by Crippen LogP contribution is 2.39. The Kier molecular flexibility index (Phi) is 4.02. The average molecular weight is 300 g/mol. The Bertz CT molecular complexity index is 552. The molecule has 0 radical (unpaired) electrons. The molecule has 0 saturated heterocycles. The van der Waals surface area contributed by atoms with Crippen LogP contribution in [0.3, 0.4) is 0 Å². The number of hydrogen-bond acceptors (Lipinski definition) is 2. The van der Waals surface area contributed by atoms with E-state index in [0.29, 0.717) is 0 Å². The third-order valence-corrected chi connectivity index (χ3v) is 4.00. The molecule has 2 N–H and O–H groups in total. The summed E-state index contributed by atoms with van der Waals surface area (Å²) in [5.74, 6) is -0.0917. The van der Waals surface area contributed by atoms with Gasteiger partial charge in [0, 0.05) is 18.2 Å². The highest BCUT2D eigenvalue weighted by molar-refractivity contribution is 6.05. The number of carbonyl (C=O) groups excluding carboxylic acids is 1. The van der Waals surface area contributed by atoms with Gasteiger partial charge in [-0.1, -0.05) is 12.1 Å². The highest BCUT2D eigenvalue weighted by Gasteiger charge is 2.38. The minimum absolute atomic E-state index is 0.0272. The number of alkyl halides is 3. The van der Waals surface area contributed by atoms with Crippen molar-refractivity contribution in [2.45, 2.75) is 44.3 Å². The lowest BCUT2D eigenvalue weighted by Crippen LogP contribution is -2.27. The van der Waals surface area contributed by atoms with Gasteiger partial charge in [-0.3, -0.25) is 4.79 Å². The van der Waals surface area contributed by atoms with Gasteiger partial charge in [0.1, 0.15) is 0 Å². The van der Waals surface area contributed by atoms with Gasteiger partial charge in [-0.2, -0.15) is 13.2 Å². The normalized spacial score (nSPS) is 18.3. The van der Waals surface area contributed by atoms with Gasteiger partial charge in [0.25, 0.3) is 0 Å². The van der Waals surface area contributed by atoms with E-state index in [4.69, 9.17) is 0 Å². The lowest BCUT2D eigenvalue weighted by atomic mass is 9.84. The number of anilines is 1. The fourth-order valence-electron chi connectivity index (χ4n) is 2.59. The predicted molar refractivity (Wildman–Crippen MR) is 75.2 cm³/mol. The molecule has 0 saturated carbocycles. The Hall–Kier alpha value is -1.56. The number of hydrogen-bond donors (Lipinski definition) is 2. The molecule has 1 aromatic rings. The standard InChI is InChI=1S/C15H19F3N2O/c1-14(2)10-8-9(4-5-12(10)20-13(14)21)11(19-3)6-7-15(16,17)18/h4-5,8,11,19H,6-7H2,1-3H3,(H,20,21). The van der Waals surface area contributed by atoms with Gasteiger partial charge in [0.15, 0.2) is 0 Å². The summed E-state index contributed by atoms with van der Waals surface area (Å²) in [5, 5.41) is 5.70. The lowest BCUT2D eigenvalue weighted by molar-refractivity contribution is -0.136. The molecule has 1 aliphatic rings. The second-order valence-electron chi connectivity index (χ2n) is 5.88. The van der Waals surface area contributed by atoms with Crippen molar-refractivity contribution in [3.8, 4) is 0 Å². The van der Waals surface area contributed by atoms with Crippen LogP contribution in [0.1, 0.15) is 43.9 Å². The summed E-state index contributed by atoms with van der Waals surface area (Å²) in [6, 6.07) is 4.96. The van der Waals surface area contributed by atoms with Crippen LogP contribution in [0.4, 0.5) is 18.9 Å². The summed E-state index contributed by atoms with van der Waals surface area (Å²) < 4.78 is 37.1. The molecule has 1 amide bonds. The van der Waals surface area contributed by atoms with E-state index in [-0.39, 0.29) is 18.4 Å². The molecule has 116 valence electrons. The monoisotopic (exact) mass is 300 g/mol. The van der Waals surface area contributed by atoms with Gasteiger partial charge < -0.3 is 10.6 Å². The van der Waals surface area contributed by atoms with E-state index in [1.165, 1.54) is 0 Å². The number of carbonyl (C=O) groups is 1. The third kappa shape index (κ3) is 3.20. The maximum atomic E-state index is 12.4. The molecule has 0 fully saturated rings. The van der Waals surface area contributed by atoms with Crippen LogP contribution in [-0.2, 0) is 10.2 Å². The van der Waals surface area contributed by atoms with Crippen molar-refractivity contribution in [2.24, 2.45) is 0 Å². The number of amides is 1. The number of benzene rings is 1. The molecule has 1 aliphatic heterocycles. The quantitative estimate of drug-likeness (QED) is 0.893. The lowest BCUT2D eigenvalue weighted by Gasteiger charge is -2.21. The maximum Gasteiger partial charge on any atom is 0.389 e. The van der Waals surface area contributed by atoms with Crippen LogP contribution >= 0.6 is 0 Å². The molecule has 6 heteroatoms. The van der Waals surface area contributed by atoms with E-state index >= 15 is 0 Å². The summed E-state index contributed by atoms with van der Waals surface area (Å²) in [5.41, 5.74) is 1.68. The zero-order valence-electron chi connectivity index (χ0n) is 12.3. The van der Waals surface area contributed by atoms with E-state index in [0.717, 1.165) is 16.8 Å². The van der Waals surface area contributed by atoms with Gasteiger partial charge in [-0.25, -0.2) is 0 Å². The SMILES string of the molecule is CNC(CCC(F)(F)F)c1ccc2c(c1)C(C)(C)C(=O)N2. The molecule has 1 heterocycles. The van der Waals surface area contributed by atoms with Gasteiger partial charge >= 0.3 is 6.18 Å². The molecule has 1 aromatic carbocycles. The van der Waals surface area contributed by atoms with Crippen molar-refractivity contribution in [1.82, 2.24) is 5.32 Å². The number of rotatable bonds is 4. The maximum absolute atomic E-state index is 12.4. The summed E-state index contributed by atoms with van der Waals surface area (Å²) >= 11 is 0. The Morgan fingerprint density at radius 1 is 1.33 bits per heavy atom. The van der Waals surface area contributed by atoms with Crippen molar-refractivity contribution in [3.63, 3.8) is 0 Å². The Morgan fingerprint density at radius 3 is 2.57 bits per heavy atom. The molecule has 0 bridgehead atoms. The van der Waals surface area contributed by atoms with E-state index in [1.807, 2.05) is 19.9 Å². The van der Waals surface area contributed by atoms with Crippen LogP contribution in [0, 0.1) is 0 Å². The first-order valence-electron chi connectivity index (χ1n) is 6.85. The summed E-state index contributed by atoms with van der Waals surface area (Å²) in [4.78, 5) is 11.9. The zero-order chi connectivity index (χ0) is 15.8. The molecular formula is C15H19F3N2O. The predicted octanol–water partition coefficient (Wildman–Crippen LogP) is 3.52. The van der Waals surface area contributed by atoms with Crippen molar-refractivity contribution >= 4 is 11.6 Å². The average Bonchev–Trinajstić information content (AvgIpc) is 2.60. The van der Waals surface area contributed by atoms with Crippen molar-refractivity contribution < 1.29 is 18.0 Å². The largest absolute Gasteiger partial charge is 0.389 e. The van der Waals surface area contributed by atoms with Crippen LogP contribution < -0.4 is 10.6 Å². The molecule has 3 nitrogen and oxygen atoms in total. The molecule has 1 unspecified atom stereocenters. The van der Waals surface area contributed by atoms with Gasteiger partial charge in [-0.05, 0) is 44.5 Å². The van der Waals surface area contributed by atoms with Gasteiger partial charge in [-0.15, -0.1) is 0 Å². The van der Waals surface area contributed by atoms with Crippen molar-refractivity contribution in [1.29, 1.82) is 0 Å². The molecule has 0 aliphatic carbocycles. The molecule has 0 aromatic heterocycles. The van der Waals surface area contributed by atoms with Crippen molar-refractivity contribution in [3.05, 3.63) is 29.3 Å². The molecule has 21 heavy (non-hydrogen) atoms. The van der Waals surface area contributed by atoms with Crippen LogP contribution in [-0.4, -0.2) is 19.1 Å². The van der Waals surface area contributed by atoms with Gasteiger partial charge in [0.05, 0.1) is 5.41 Å². The summed E-state index contributed by atoms with van der Waals surface area (Å²) in [6.07, 6.45) is -5.03. The molecule has 2 rings (SSSR count). The first-order valence-corrected chi connectivity index (χ1v) is 6.85.